The molecule has 0 radical (unpaired) electrons. The molecule has 0 aliphatic rings. The van der Waals surface area contributed by atoms with Crippen LogP contribution in [0.3, 0.4) is 0 Å². The predicted octanol–water partition coefficient (Wildman–Crippen LogP) is 2.78. The number of nitrogens with zero attached hydrogens (tertiary/aromatic N) is 1. The van der Waals surface area contributed by atoms with Gasteiger partial charge in [0.15, 0.2) is 11.5 Å². The van der Waals surface area contributed by atoms with Gasteiger partial charge in [0.1, 0.15) is 11.4 Å². The second-order valence-corrected chi connectivity index (χ2v) is 4.32. The fraction of sp³-hybridized carbons (Fsp3) is 0. The van der Waals surface area contributed by atoms with E-state index in [0.717, 1.165) is 5.39 Å². The smallest absolute Gasteiger partial charge is 0.354 e. The zero-order valence-electron chi connectivity index (χ0n) is 10.7. The Balaban J connectivity index is 1.85. The second kappa shape index (κ2) is 5.09. The minimum absolute atomic E-state index is 0.138. The lowest BCUT2D eigenvalue weighted by atomic mass is 10.2. The van der Waals surface area contributed by atoms with Crippen LogP contribution in [0.2, 0.25) is 0 Å². The number of rotatable bonds is 3. The predicted molar refractivity (Wildman–Crippen MR) is 75.4 cm³/mol. The maximum Gasteiger partial charge on any atom is 0.354 e. The van der Waals surface area contributed by atoms with E-state index in [1.54, 1.807) is 12.1 Å². The van der Waals surface area contributed by atoms with Crippen LogP contribution >= 0.6 is 0 Å². The normalized spacial score (nSPS) is 10.5. The Morgan fingerprint density at radius 3 is 2.67 bits per heavy atom. The first-order chi connectivity index (χ1) is 10.1. The van der Waals surface area contributed by atoms with Gasteiger partial charge in [0, 0.05) is 5.39 Å². The lowest BCUT2D eigenvalue weighted by molar-refractivity contribution is 0.0690. The number of carbonyl (C=O) groups excluding carboxylic acids is 1. The van der Waals surface area contributed by atoms with E-state index in [1.807, 2.05) is 18.2 Å². The van der Waals surface area contributed by atoms with Gasteiger partial charge in [-0.3, -0.25) is 4.79 Å². The molecule has 21 heavy (non-hydrogen) atoms. The molecule has 0 atom stereocenters. The Morgan fingerprint density at radius 1 is 1.10 bits per heavy atom. The van der Waals surface area contributed by atoms with E-state index in [4.69, 9.17) is 9.52 Å². The van der Waals surface area contributed by atoms with Crippen molar-refractivity contribution in [1.82, 2.24) is 4.98 Å². The molecule has 0 aliphatic carbocycles. The number of aromatic carboxylic acids is 1. The number of para-hydroxylation sites is 1. The first-order valence-electron chi connectivity index (χ1n) is 6.14. The summed E-state index contributed by atoms with van der Waals surface area (Å²) in [4.78, 5) is 26.7. The highest BCUT2D eigenvalue weighted by Gasteiger charge is 2.13. The van der Waals surface area contributed by atoms with E-state index in [0.29, 0.717) is 5.58 Å². The molecule has 6 heteroatoms. The number of pyridine rings is 1. The highest BCUT2D eigenvalue weighted by atomic mass is 16.4. The van der Waals surface area contributed by atoms with Crippen LogP contribution in [0.15, 0.2) is 52.9 Å². The van der Waals surface area contributed by atoms with Crippen molar-refractivity contribution < 1.29 is 19.1 Å². The van der Waals surface area contributed by atoms with E-state index < -0.39 is 11.9 Å². The van der Waals surface area contributed by atoms with Crippen molar-refractivity contribution in [3.63, 3.8) is 0 Å². The summed E-state index contributed by atoms with van der Waals surface area (Å²) in [6.07, 6.45) is 0. The summed E-state index contributed by atoms with van der Waals surface area (Å²) in [6, 6.07) is 13.2. The summed E-state index contributed by atoms with van der Waals surface area (Å²) in [6.45, 7) is 0. The number of amides is 1. The van der Waals surface area contributed by atoms with E-state index in [9.17, 15) is 9.59 Å². The molecule has 2 aromatic heterocycles. The van der Waals surface area contributed by atoms with Gasteiger partial charge in [0.05, 0.1) is 0 Å². The van der Waals surface area contributed by atoms with Gasteiger partial charge in [0.25, 0.3) is 5.91 Å². The number of furan rings is 1. The second-order valence-electron chi connectivity index (χ2n) is 4.32. The van der Waals surface area contributed by atoms with Crippen LogP contribution in [-0.4, -0.2) is 22.0 Å². The summed E-state index contributed by atoms with van der Waals surface area (Å²) in [5.74, 6) is -1.35. The molecule has 2 heterocycles. The maximum atomic E-state index is 12.1. The van der Waals surface area contributed by atoms with Gasteiger partial charge < -0.3 is 14.8 Å². The number of carbonyl (C=O) groups is 2. The zero-order chi connectivity index (χ0) is 14.8. The number of fused-ring (bicyclic) bond motifs is 1. The van der Waals surface area contributed by atoms with Crippen LogP contribution in [0.5, 0.6) is 0 Å². The molecule has 0 unspecified atom stereocenters. The van der Waals surface area contributed by atoms with Gasteiger partial charge in [-0.15, -0.1) is 0 Å². The largest absolute Gasteiger partial charge is 0.477 e. The molecule has 0 aliphatic heterocycles. The van der Waals surface area contributed by atoms with Crippen LogP contribution in [0.4, 0.5) is 5.82 Å². The summed E-state index contributed by atoms with van der Waals surface area (Å²) >= 11 is 0. The Bertz CT molecular complexity index is 805. The summed E-state index contributed by atoms with van der Waals surface area (Å²) in [5.41, 5.74) is 0.465. The molecule has 3 rings (SSSR count). The first-order valence-corrected chi connectivity index (χ1v) is 6.14. The van der Waals surface area contributed by atoms with Crippen LogP contribution in [0, 0.1) is 0 Å². The van der Waals surface area contributed by atoms with Crippen molar-refractivity contribution in [1.29, 1.82) is 0 Å². The molecular weight excluding hydrogens is 272 g/mol. The van der Waals surface area contributed by atoms with Gasteiger partial charge in [-0.05, 0) is 24.3 Å². The number of anilines is 1. The first kappa shape index (κ1) is 12.9. The molecule has 6 nitrogen and oxygen atoms in total. The number of nitrogens with one attached hydrogen (secondary N) is 1. The quantitative estimate of drug-likeness (QED) is 0.770. The molecule has 3 aromatic rings. The van der Waals surface area contributed by atoms with Crippen molar-refractivity contribution in [2.75, 3.05) is 5.32 Å². The van der Waals surface area contributed by atoms with Crippen LogP contribution in [0.25, 0.3) is 11.0 Å². The standard InChI is InChI=1S/C15H10N2O4/c18-14(12-8-9-4-1-2-6-11(9)21-12)17-13-7-3-5-10(16-13)15(19)20/h1-8H,(H,19,20)(H,16,17,18). The minimum atomic E-state index is -1.16. The maximum absolute atomic E-state index is 12.1. The number of aromatic nitrogens is 1. The fourth-order valence-corrected chi connectivity index (χ4v) is 1.90. The molecule has 0 fully saturated rings. The number of hydrogen-bond donors (Lipinski definition) is 2. The van der Waals surface area contributed by atoms with Crippen LogP contribution < -0.4 is 5.32 Å². The van der Waals surface area contributed by atoms with Crippen molar-refractivity contribution in [2.45, 2.75) is 0 Å². The number of carboxylic acids is 1. The van der Waals surface area contributed by atoms with Gasteiger partial charge in [-0.25, -0.2) is 9.78 Å². The summed E-state index contributed by atoms with van der Waals surface area (Å²) < 4.78 is 5.42. The van der Waals surface area contributed by atoms with Crippen LogP contribution in [-0.2, 0) is 0 Å². The zero-order valence-corrected chi connectivity index (χ0v) is 10.7. The topological polar surface area (TPSA) is 92.4 Å². The molecule has 0 bridgehead atoms. The highest BCUT2D eigenvalue weighted by molar-refractivity contribution is 6.04. The van der Waals surface area contributed by atoms with Crippen molar-refractivity contribution in [2.24, 2.45) is 0 Å². The number of carboxylic acid groups (broad SMARTS) is 1. The number of hydrogen-bond acceptors (Lipinski definition) is 4. The van der Waals surface area contributed by atoms with Crippen molar-refractivity contribution >= 4 is 28.7 Å². The molecule has 0 spiro atoms. The third-order valence-corrected chi connectivity index (χ3v) is 2.86. The van der Waals surface area contributed by atoms with E-state index in [-0.39, 0.29) is 17.3 Å². The Labute approximate surface area is 119 Å². The summed E-state index contributed by atoms with van der Waals surface area (Å²) in [7, 11) is 0. The monoisotopic (exact) mass is 282 g/mol. The molecule has 2 N–H and O–H groups in total. The molecule has 0 saturated heterocycles. The SMILES string of the molecule is O=C(O)c1cccc(NC(=O)c2cc3ccccc3o2)n1. The lowest BCUT2D eigenvalue weighted by Gasteiger charge is -2.02. The van der Waals surface area contributed by atoms with E-state index >= 15 is 0 Å². The third-order valence-electron chi connectivity index (χ3n) is 2.86. The highest BCUT2D eigenvalue weighted by Crippen LogP contribution is 2.19. The molecule has 1 amide bonds. The van der Waals surface area contributed by atoms with Gasteiger partial charge >= 0.3 is 5.97 Å². The molecule has 1 aromatic carbocycles. The molecule has 104 valence electrons. The van der Waals surface area contributed by atoms with Gasteiger partial charge in [-0.1, -0.05) is 24.3 Å². The third kappa shape index (κ3) is 2.59. The minimum Gasteiger partial charge on any atom is -0.477 e. The van der Waals surface area contributed by atoms with Crippen molar-refractivity contribution in [3.8, 4) is 0 Å². The Hall–Kier alpha value is -3.15. The Morgan fingerprint density at radius 2 is 1.90 bits per heavy atom. The van der Waals surface area contributed by atoms with E-state index in [1.165, 1.54) is 18.2 Å². The molecular formula is C15H10N2O4. The Kier molecular flexibility index (Phi) is 3.12. The fourth-order valence-electron chi connectivity index (χ4n) is 1.90. The average Bonchev–Trinajstić information content (AvgIpc) is 2.91. The van der Waals surface area contributed by atoms with Gasteiger partial charge in [-0.2, -0.15) is 0 Å². The van der Waals surface area contributed by atoms with Gasteiger partial charge in [0.2, 0.25) is 0 Å². The van der Waals surface area contributed by atoms with Crippen molar-refractivity contribution in [3.05, 3.63) is 60.0 Å². The van der Waals surface area contributed by atoms with E-state index in [2.05, 4.69) is 10.3 Å². The lowest BCUT2D eigenvalue weighted by Crippen LogP contribution is -2.13. The van der Waals surface area contributed by atoms with Crippen LogP contribution in [0.1, 0.15) is 21.0 Å². The summed E-state index contributed by atoms with van der Waals surface area (Å²) in [5, 5.41) is 12.2. The average molecular weight is 282 g/mol. The molecule has 0 saturated carbocycles. The number of benzene rings is 1.